The van der Waals surface area contributed by atoms with Crippen molar-refractivity contribution in [2.75, 3.05) is 26.0 Å². The highest BCUT2D eigenvalue weighted by Gasteiger charge is 2.11. The number of methoxy groups -OCH3 is 1. The maximum atomic E-state index is 12.2. The lowest BCUT2D eigenvalue weighted by Gasteiger charge is -2.13. The number of ether oxygens (including phenoxy) is 2. The molecule has 27 heavy (non-hydrogen) atoms. The van der Waals surface area contributed by atoms with E-state index in [0.29, 0.717) is 35.3 Å². The van der Waals surface area contributed by atoms with Crippen LogP contribution >= 0.6 is 24.0 Å². The van der Waals surface area contributed by atoms with Gasteiger partial charge in [-0.15, -0.1) is 11.8 Å². The van der Waals surface area contributed by atoms with E-state index in [1.54, 1.807) is 30.0 Å². The third-order valence-electron chi connectivity index (χ3n) is 3.41. The Labute approximate surface area is 169 Å². The Balaban J connectivity index is 1.73. The Morgan fingerprint density at radius 1 is 1.11 bits per heavy atom. The number of amides is 1. The second-order valence-electron chi connectivity index (χ2n) is 5.30. The van der Waals surface area contributed by atoms with E-state index >= 15 is 0 Å². The van der Waals surface area contributed by atoms with Crippen LogP contribution in [0.2, 0.25) is 0 Å². The third-order valence-corrected chi connectivity index (χ3v) is 4.67. The van der Waals surface area contributed by atoms with Crippen molar-refractivity contribution in [2.24, 2.45) is 0 Å². The highest BCUT2D eigenvalue weighted by molar-refractivity contribution is 7.99. The van der Waals surface area contributed by atoms with E-state index in [1.807, 2.05) is 25.1 Å². The van der Waals surface area contributed by atoms with E-state index in [0.717, 1.165) is 5.75 Å². The summed E-state index contributed by atoms with van der Waals surface area (Å²) in [6, 6.07) is 15.1. The minimum absolute atomic E-state index is 0.320. The van der Waals surface area contributed by atoms with Crippen molar-refractivity contribution in [2.45, 2.75) is 11.8 Å². The van der Waals surface area contributed by atoms with Crippen LogP contribution in [0, 0.1) is 0 Å². The number of hydrogen-bond donors (Lipinski definition) is 3. The minimum Gasteiger partial charge on any atom is -0.493 e. The van der Waals surface area contributed by atoms with Crippen LogP contribution in [0.3, 0.4) is 0 Å². The molecule has 0 spiro atoms. The second kappa shape index (κ2) is 11.3. The van der Waals surface area contributed by atoms with Crippen LogP contribution in [0.25, 0.3) is 0 Å². The van der Waals surface area contributed by atoms with Crippen LogP contribution in [0.1, 0.15) is 17.3 Å². The molecule has 0 fully saturated rings. The fraction of sp³-hybridized carbons (Fsp3) is 0.263. The molecule has 2 aromatic rings. The van der Waals surface area contributed by atoms with Gasteiger partial charge in [0.2, 0.25) is 0 Å². The first-order chi connectivity index (χ1) is 13.1. The van der Waals surface area contributed by atoms with Gasteiger partial charge in [-0.1, -0.05) is 18.2 Å². The maximum absolute atomic E-state index is 12.2. The quantitative estimate of drug-likeness (QED) is 0.270. The van der Waals surface area contributed by atoms with E-state index in [-0.39, 0.29) is 5.91 Å². The molecule has 0 saturated heterocycles. The predicted molar refractivity (Wildman–Crippen MR) is 113 cm³/mol. The number of carbonyl (C=O) groups is 1. The SMILES string of the molecule is CCOc1ccc(C(=O)NNC(=S)NCCSc2ccccc2)cc1OC. The summed E-state index contributed by atoms with van der Waals surface area (Å²) >= 11 is 6.90. The van der Waals surface area contributed by atoms with Crippen molar-refractivity contribution in [1.29, 1.82) is 0 Å². The topological polar surface area (TPSA) is 71.6 Å². The van der Waals surface area contributed by atoms with Gasteiger partial charge in [-0.25, -0.2) is 0 Å². The number of hydrazine groups is 1. The zero-order valence-electron chi connectivity index (χ0n) is 15.3. The molecule has 3 N–H and O–H groups in total. The molecule has 144 valence electrons. The molecule has 0 heterocycles. The van der Waals surface area contributed by atoms with Crippen LogP contribution in [0.4, 0.5) is 0 Å². The fourth-order valence-electron chi connectivity index (χ4n) is 2.16. The van der Waals surface area contributed by atoms with Gasteiger partial charge in [0.25, 0.3) is 5.91 Å². The van der Waals surface area contributed by atoms with E-state index in [9.17, 15) is 4.79 Å². The molecule has 0 aromatic heterocycles. The van der Waals surface area contributed by atoms with Crippen molar-refractivity contribution < 1.29 is 14.3 Å². The molecule has 6 nitrogen and oxygen atoms in total. The summed E-state index contributed by atoms with van der Waals surface area (Å²) in [7, 11) is 1.53. The lowest BCUT2D eigenvalue weighted by molar-refractivity contribution is 0.0943. The minimum atomic E-state index is -0.320. The smallest absolute Gasteiger partial charge is 0.269 e. The molecule has 0 aliphatic rings. The molecule has 2 aromatic carbocycles. The molecule has 0 aliphatic carbocycles. The first-order valence-corrected chi connectivity index (χ1v) is 9.86. The van der Waals surface area contributed by atoms with E-state index < -0.39 is 0 Å². The number of hydrogen-bond acceptors (Lipinski definition) is 5. The predicted octanol–water partition coefficient (Wildman–Crippen LogP) is 3.00. The summed E-state index contributed by atoms with van der Waals surface area (Å²) in [6.07, 6.45) is 0. The van der Waals surface area contributed by atoms with Crippen LogP contribution in [0.15, 0.2) is 53.4 Å². The van der Waals surface area contributed by atoms with Gasteiger partial charge < -0.3 is 14.8 Å². The van der Waals surface area contributed by atoms with Gasteiger partial charge >= 0.3 is 0 Å². The van der Waals surface area contributed by atoms with E-state index in [4.69, 9.17) is 21.7 Å². The Morgan fingerprint density at radius 3 is 2.59 bits per heavy atom. The van der Waals surface area contributed by atoms with E-state index in [2.05, 4.69) is 28.3 Å². The number of nitrogens with one attached hydrogen (secondary N) is 3. The molecule has 0 radical (unpaired) electrons. The maximum Gasteiger partial charge on any atom is 0.269 e. The zero-order chi connectivity index (χ0) is 19.5. The van der Waals surface area contributed by atoms with Gasteiger partial charge in [0.1, 0.15) is 0 Å². The average molecular weight is 406 g/mol. The number of rotatable bonds is 8. The molecule has 0 aliphatic heterocycles. The Bertz CT molecular complexity index is 757. The number of benzene rings is 2. The summed E-state index contributed by atoms with van der Waals surface area (Å²) in [5.41, 5.74) is 5.70. The highest BCUT2D eigenvalue weighted by Crippen LogP contribution is 2.27. The number of carbonyl (C=O) groups excluding carboxylic acids is 1. The Kier molecular flexibility index (Phi) is 8.73. The molecular formula is C19H23N3O3S2. The van der Waals surface area contributed by atoms with Gasteiger partial charge in [0.15, 0.2) is 16.6 Å². The Hall–Kier alpha value is -2.45. The lowest BCUT2D eigenvalue weighted by atomic mass is 10.2. The lowest BCUT2D eigenvalue weighted by Crippen LogP contribution is -2.47. The normalized spacial score (nSPS) is 10.0. The summed E-state index contributed by atoms with van der Waals surface area (Å²) in [5.74, 6) is 1.63. The van der Waals surface area contributed by atoms with Crippen molar-refractivity contribution in [3.63, 3.8) is 0 Å². The van der Waals surface area contributed by atoms with Crippen LogP contribution in [0.5, 0.6) is 11.5 Å². The van der Waals surface area contributed by atoms with Gasteiger partial charge in [-0.05, 0) is 49.5 Å². The number of thioether (sulfide) groups is 1. The molecular weight excluding hydrogens is 382 g/mol. The average Bonchev–Trinajstić information content (AvgIpc) is 2.70. The first-order valence-electron chi connectivity index (χ1n) is 8.47. The summed E-state index contributed by atoms with van der Waals surface area (Å²) in [5, 5.41) is 3.40. The highest BCUT2D eigenvalue weighted by atomic mass is 32.2. The standard InChI is InChI=1S/C19H23N3O3S2/c1-3-25-16-10-9-14(13-17(16)24-2)18(23)21-22-19(26)20-11-12-27-15-7-5-4-6-8-15/h4-10,13H,3,11-12H2,1-2H3,(H,21,23)(H2,20,22,26). The molecule has 2 rings (SSSR count). The summed E-state index contributed by atoms with van der Waals surface area (Å²) in [6.45, 7) is 3.08. The fourth-order valence-corrected chi connectivity index (χ4v) is 3.11. The monoisotopic (exact) mass is 405 g/mol. The van der Waals surface area contributed by atoms with Gasteiger partial charge in [-0.2, -0.15) is 0 Å². The molecule has 0 atom stereocenters. The van der Waals surface area contributed by atoms with Crippen molar-refractivity contribution in [3.8, 4) is 11.5 Å². The first kappa shape index (κ1) is 20.9. The molecule has 0 saturated carbocycles. The van der Waals surface area contributed by atoms with Gasteiger partial charge in [0.05, 0.1) is 13.7 Å². The largest absolute Gasteiger partial charge is 0.493 e. The molecule has 0 unspecified atom stereocenters. The summed E-state index contributed by atoms with van der Waals surface area (Å²) in [4.78, 5) is 13.4. The van der Waals surface area contributed by atoms with Gasteiger partial charge in [-0.3, -0.25) is 15.6 Å². The second-order valence-corrected chi connectivity index (χ2v) is 6.87. The summed E-state index contributed by atoms with van der Waals surface area (Å²) < 4.78 is 10.7. The number of thiocarbonyl (C=S) groups is 1. The van der Waals surface area contributed by atoms with Crippen LogP contribution < -0.4 is 25.6 Å². The Morgan fingerprint density at radius 2 is 1.89 bits per heavy atom. The molecule has 1 amide bonds. The molecule has 8 heteroatoms. The van der Waals surface area contributed by atoms with Crippen LogP contribution in [-0.4, -0.2) is 37.0 Å². The van der Waals surface area contributed by atoms with Crippen molar-refractivity contribution >= 4 is 35.0 Å². The van der Waals surface area contributed by atoms with E-state index in [1.165, 1.54) is 12.0 Å². The third kappa shape index (κ3) is 6.99. The van der Waals surface area contributed by atoms with Crippen molar-refractivity contribution in [3.05, 3.63) is 54.1 Å². The van der Waals surface area contributed by atoms with Gasteiger partial charge in [0, 0.05) is 22.8 Å². The zero-order valence-corrected chi connectivity index (χ0v) is 16.9. The molecule has 0 bridgehead atoms. The van der Waals surface area contributed by atoms with Crippen LogP contribution in [-0.2, 0) is 0 Å². The van der Waals surface area contributed by atoms with Crippen molar-refractivity contribution in [1.82, 2.24) is 16.2 Å².